The Bertz CT molecular complexity index is 357. The van der Waals surface area contributed by atoms with E-state index in [1.807, 2.05) is 0 Å². The van der Waals surface area contributed by atoms with Crippen molar-refractivity contribution in [2.75, 3.05) is 6.61 Å². The first-order chi connectivity index (χ1) is 6.63. The minimum absolute atomic E-state index is 0.0471. The van der Waals surface area contributed by atoms with Crippen LogP contribution in [-0.4, -0.2) is 17.6 Å². The van der Waals surface area contributed by atoms with E-state index in [9.17, 15) is 4.39 Å². The highest BCUT2D eigenvalue weighted by atomic mass is 79.9. The standard InChI is InChI=1S/C8H8BrFN2O2/c9-6-3-5(1-2-7(6)10)14-4-8(11)12-13/h1-3,13H,4H2,(H2,11,12). The average molecular weight is 263 g/mol. The second-order valence-corrected chi connectivity index (χ2v) is 3.31. The molecule has 76 valence electrons. The van der Waals surface area contributed by atoms with Crippen molar-refractivity contribution in [3.8, 4) is 5.75 Å². The molecule has 14 heavy (non-hydrogen) atoms. The summed E-state index contributed by atoms with van der Waals surface area (Å²) in [6, 6.07) is 4.16. The number of halogens is 2. The fourth-order valence-electron chi connectivity index (χ4n) is 0.753. The van der Waals surface area contributed by atoms with Gasteiger partial charge in [0.25, 0.3) is 0 Å². The molecular weight excluding hydrogens is 255 g/mol. The lowest BCUT2D eigenvalue weighted by Gasteiger charge is -2.05. The van der Waals surface area contributed by atoms with E-state index < -0.39 is 0 Å². The molecule has 6 heteroatoms. The van der Waals surface area contributed by atoms with Crippen LogP contribution in [0.1, 0.15) is 0 Å². The number of hydrogen-bond donors (Lipinski definition) is 2. The fourth-order valence-corrected chi connectivity index (χ4v) is 1.11. The Labute approximate surface area is 88.3 Å². The third kappa shape index (κ3) is 2.88. The van der Waals surface area contributed by atoms with E-state index in [0.717, 1.165) is 0 Å². The van der Waals surface area contributed by atoms with Gasteiger partial charge >= 0.3 is 0 Å². The molecule has 0 fully saturated rings. The molecule has 0 aliphatic rings. The topological polar surface area (TPSA) is 67.8 Å². The summed E-state index contributed by atoms with van der Waals surface area (Å²) in [5.41, 5.74) is 5.18. The van der Waals surface area contributed by atoms with Gasteiger partial charge in [-0.15, -0.1) is 0 Å². The van der Waals surface area contributed by atoms with Crippen LogP contribution in [0.15, 0.2) is 27.8 Å². The van der Waals surface area contributed by atoms with Crippen LogP contribution in [0, 0.1) is 5.82 Å². The van der Waals surface area contributed by atoms with Gasteiger partial charge in [-0.1, -0.05) is 5.16 Å². The number of nitrogens with zero attached hydrogens (tertiary/aromatic N) is 1. The van der Waals surface area contributed by atoms with E-state index in [2.05, 4.69) is 21.1 Å². The summed E-state index contributed by atoms with van der Waals surface area (Å²) in [5.74, 6) is 0.0106. The second kappa shape index (κ2) is 4.80. The number of nitrogens with two attached hydrogens (primary N) is 1. The van der Waals surface area contributed by atoms with Gasteiger partial charge in [0.1, 0.15) is 18.2 Å². The van der Waals surface area contributed by atoms with Crippen LogP contribution in [0.25, 0.3) is 0 Å². The molecule has 0 amide bonds. The Kier molecular flexibility index (Phi) is 3.70. The molecule has 1 rings (SSSR count). The quantitative estimate of drug-likeness (QED) is 0.377. The zero-order valence-corrected chi connectivity index (χ0v) is 8.66. The second-order valence-electron chi connectivity index (χ2n) is 2.46. The van der Waals surface area contributed by atoms with E-state index in [1.165, 1.54) is 18.2 Å². The summed E-state index contributed by atoms with van der Waals surface area (Å²) in [6.07, 6.45) is 0. The first-order valence-corrected chi connectivity index (χ1v) is 4.47. The third-order valence-corrected chi connectivity index (χ3v) is 2.01. The predicted octanol–water partition coefficient (Wildman–Crippen LogP) is 1.71. The Morgan fingerprint density at radius 1 is 1.64 bits per heavy atom. The van der Waals surface area contributed by atoms with Gasteiger partial charge in [0, 0.05) is 0 Å². The number of amidine groups is 1. The fraction of sp³-hybridized carbons (Fsp3) is 0.125. The summed E-state index contributed by atoms with van der Waals surface area (Å²) >= 11 is 3.00. The van der Waals surface area contributed by atoms with E-state index in [-0.39, 0.29) is 18.3 Å². The molecule has 1 aromatic rings. The Balaban J connectivity index is 2.64. The Hall–Kier alpha value is -1.30. The van der Waals surface area contributed by atoms with Gasteiger partial charge in [-0.2, -0.15) is 0 Å². The van der Waals surface area contributed by atoms with E-state index in [4.69, 9.17) is 15.7 Å². The van der Waals surface area contributed by atoms with Gasteiger partial charge < -0.3 is 15.7 Å². The minimum Gasteiger partial charge on any atom is -0.486 e. The maximum absolute atomic E-state index is 12.8. The van der Waals surface area contributed by atoms with Crippen molar-refractivity contribution < 1.29 is 14.3 Å². The predicted molar refractivity (Wildman–Crippen MR) is 53.0 cm³/mol. The van der Waals surface area contributed by atoms with Gasteiger partial charge in [-0.3, -0.25) is 0 Å². The van der Waals surface area contributed by atoms with Crippen LogP contribution in [-0.2, 0) is 0 Å². The number of benzene rings is 1. The van der Waals surface area contributed by atoms with Crippen molar-refractivity contribution >= 4 is 21.8 Å². The molecule has 0 heterocycles. The number of rotatable bonds is 3. The summed E-state index contributed by atoms with van der Waals surface area (Å²) < 4.78 is 18.2. The zero-order chi connectivity index (χ0) is 10.6. The molecule has 0 unspecified atom stereocenters. The van der Waals surface area contributed by atoms with Crippen molar-refractivity contribution in [3.63, 3.8) is 0 Å². The monoisotopic (exact) mass is 262 g/mol. The first kappa shape index (κ1) is 10.8. The Morgan fingerprint density at radius 2 is 2.36 bits per heavy atom. The summed E-state index contributed by atoms with van der Waals surface area (Å²) in [4.78, 5) is 0. The van der Waals surface area contributed by atoms with Crippen molar-refractivity contribution in [1.29, 1.82) is 0 Å². The molecule has 0 radical (unpaired) electrons. The molecule has 0 aromatic heterocycles. The van der Waals surface area contributed by atoms with Gasteiger partial charge in [-0.25, -0.2) is 4.39 Å². The van der Waals surface area contributed by atoms with E-state index in [1.54, 1.807) is 0 Å². The van der Waals surface area contributed by atoms with Crippen molar-refractivity contribution in [1.82, 2.24) is 0 Å². The number of hydrogen-bond acceptors (Lipinski definition) is 3. The zero-order valence-electron chi connectivity index (χ0n) is 7.08. The summed E-state index contributed by atoms with van der Waals surface area (Å²) in [7, 11) is 0. The molecule has 0 spiro atoms. The lowest BCUT2D eigenvalue weighted by molar-refractivity contribution is 0.306. The van der Waals surface area contributed by atoms with Crippen molar-refractivity contribution in [2.45, 2.75) is 0 Å². The maximum atomic E-state index is 12.8. The van der Waals surface area contributed by atoms with Crippen molar-refractivity contribution in [2.24, 2.45) is 10.9 Å². The van der Waals surface area contributed by atoms with Gasteiger partial charge in [0.15, 0.2) is 5.84 Å². The summed E-state index contributed by atoms with van der Waals surface area (Å²) in [6.45, 7) is -0.0471. The highest BCUT2D eigenvalue weighted by Gasteiger charge is 2.01. The normalized spacial score (nSPS) is 11.4. The molecular formula is C8H8BrFN2O2. The van der Waals surface area contributed by atoms with E-state index >= 15 is 0 Å². The van der Waals surface area contributed by atoms with Gasteiger partial charge in [0.05, 0.1) is 4.47 Å². The van der Waals surface area contributed by atoms with Crippen LogP contribution >= 0.6 is 15.9 Å². The van der Waals surface area contributed by atoms with Crippen molar-refractivity contribution in [3.05, 3.63) is 28.5 Å². The van der Waals surface area contributed by atoms with Crippen LogP contribution in [0.3, 0.4) is 0 Å². The summed E-state index contributed by atoms with van der Waals surface area (Å²) in [5, 5.41) is 11.0. The largest absolute Gasteiger partial charge is 0.486 e. The molecule has 0 aliphatic carbocycles. The van der Waals surface area contributed by atoms with Gasteiger partial charge in [0.2, 0.25) is 0 Å². The SMILES string of the molecule is N/C(COc1ccc(F)c(Br)c1)=N/O. The highest BCUT2D eigenvalue weighted by Crippen LogP contribution is 2.21. The first-order valence-electron chi connectivity index (χ1n) is 3.67. The molecule has 0 atom stereocenters. The van der Waals surface area contributed by atoms with E-state index in [0.29, 0.717) is 10.2 Å². The van der Waals surface area contributed by atoms with Crippen LogP contribution in [0.5, 0.6) is 5.75 Å². The highest BCUT2D eigenvalue weighted by molar-refractivity contribution is 9.10. The Morgan fingerprint density at radius 3 is 2.93 bits per heavy atom. The molecule has 4 nitrogen and oxygen atoms in total. The molecule has 0 aliphatic heterocycles. The lowest BCUT2D eigenvalue weighted by Crippen LogP contribution is -2.20. The number of oxime groups is 1. The smallest absolute Gasteiger partial charge is 0.177 e. The molecule has 0 bridgehead atoms. The maximum Gasteiger partial charge on any atom is 0.177 e. The minimum atomic E-state index is -0.374. The molecule has 1 aromatic carbocycles. The van der Waals surface area contributed by atoms with Crippen LogP contribution in [0.2, 0.25) is 0 Å². The third-order valence-electron chi connectivity index (χ3n) is 1.41. The molecule has 3 N–H and O–H groups in total. The number of ether oxygens (including phenoxy) is 1. The van der Waals surface area contributed by atoms with Crippen LogP contribution in [0.4, 0.5) is 4.39 Å². The lowest BCUT2D eigenvalue weighted by atomic mass is 10.3. The molecule has 0 saturated heterocycles. The van der Waals surface area contributed by atoms with Gasteiger partial charge in [-0.05, 0) is 34.1 Å². The van der Waals surface area contributed by atoms with Crippen LogP contribution < -0.4 is 10.5 Å². The average Bonchev–Trinajstić information content (AvgIpc) is 2.19. The molecule has 0 saturated carbocycles.